The first-order chi connectivity index (χ1) is 15.1. The molecule has 31 heavy (non-hydrogen) atoms. The molecule has 3 nitrogen and oxygen atoms in total. The average molecular weight is 435 g/mol. The molecular weight excluding hydrogens is 414 g/mol. The molecule has 0 saturated heterocycles. The lowest BCUT2D eigenvalue weighted by atomic mass is 9.77. The Labute approximate surface area is 183 Å². The van der Waals surface area contributed by atoms with Crippen LogP contribution in [0.5, 0.6) is 0 Å². The highest BCUT2D eigenvalue weighted by molar-refractivity contribution is 7.12. The third-order valence-electron chi connectivity index (χ3n) is 5.86. The fraction of sp³-hybridized carbons (Fsp3) is 0.200. The van der Waals surface area contributed by atoms with Gasteiger partial charge in [-0.1, -0.05) is 30.3 Å². The molecule has 2 aliphatic rings. The fourth-order valence-electron chi connectivity index (χ4n) is 4.43. The van der Waals surface area contributed by atoms with Crippen molar-refractivity contribution in [2.24, 2.45) is 11.0 Å². The van der Waals surface area contributed by atoms with E-state index < -0.39 is 0 Å². The summed E-state index contributed by atoms with van der Waals surface area (Å²) in [5.41, 5.74) is 3.74. The lowest BCUT2D eigenvalue weighted by molar-refractivity contribution is 0.0686. The van der Waals surface area contributed by atoms with Crippen molar-refractivity contribution in [2.45, 2.75) is 25.3 Å². The Kier molecular flexibility index (Phi) is 5.24. The number of rotatable bonds is 3. The van der Waals surface area contributed by atoms with Gasteiger partial charge >= 0.3 is 0 Å². The van der Waals surface area contributed by atoms with E-state index in [1.807, 2.05) is 17.5 Å². The Hall–Kier alpha value is -3.12. The monoisotopic (exact) mass is 434 g/mol. The van der Waals surface area contributed by atoms with Gasteiger partial charge in [0.2, 0.25) is 0 Å². The van der Waals surface area contributed by atoms with E-state index in [1.165, 1.54) is 35.6 Å². The van der Waals surface area contributed by atoms with E-state index in [0.29, 0.717) is 4.88 Å². The highest BCUT2D eigenvalue weighted by Crippen LogP contribution is 2.45. The van der Waals surface area contributed by atoms with Gasteiger partial charge < -0.3 is 0 Å². The van der Waals surface area contributed by atoms with Crippen molar-refractivity contribution in [3.8, 4) is 0 Å². The maximum absolute atomic E-state index is 13.6. The van der Waals surface area contributed by atoms with E-state index in [9.17, 15) is 13.6 Å². The number of amides is 1. The standard InChI is InChI=1S/C25H20F2N2OS/c26-19-10-6-16(7-11-19)15-18-3-1-4-21-23(18)28-29(25(30)22-5-2-14-31-22)24(21)17-8-12-20(27)13-9-17/h2,5-15,21,24H,1,3-4H2/b18-15+/t21-,24-/m1/s1. The maximum Gasteiger partial charge on any atom is 0.284 e. The molecular formula is C25H20F2N2OS. The van der Waals surface area contributed by atoms with E-state index in [1.54, 1.807) is 35.3 Å². The summed E-state index contributed by atoms with van der Waals surface area (Å²) in [4.78, 5) is 13.9. The summed E-state index contributed by atoms with van der Waals surface area (Å²) in [6.07, 6.45) is 4.75. The van der Waals surface area contributed by atoms with Crippen molar-refractivity contribution >= 4 is 29.0 Å². The smallest absolute Gasteiger partial charge is 0.266 e. The Morgan fingerprint density at radius 3 is 2.42 bits per heavy atom. The number of fused-ring (bicyclic) bond motifs is 1. The van der Waals surface area contributed by atoms with Crippen LogP contribution in [-0.4, -0.2) is 16.6 Å². The molecule has 5 rings (SSSR count). The Bertz CT molecular complexity index is 1150. The van der Waals surface area contributed by atoms with Gasteiger partial charge in [-0.2, -0.15) is 5.10 Å². The van der Waals surface area contributed by atoms with Gasteiger partial charge in [-0.3, -0.25) is 4.79 Å². The third-order valence-corrected chi connectivity index (χ3v) is 6.72. The Morgan fingerprint density at radius 1 is 1.03 bits per heavy atom. The molecule has 1 aliphatic heterocycles. The molecule has 156 valence electrons. The normalized spacial score (nSPS) is 21.8. The number of hydrazone groups is 1. The molecule has 2 heterocycles. The minimum Gasteiger partial charge on any atom is -0.266 e. The fourth-order valence-corrected chi connectivity index (χ4v) is 5.09. The van der Waals surface area contributed by atoms with Crippen LogP contribution in [0.15, 0.2) is 76.7 Å². The van der Waals surface area contributed by atoms with Crippen molar-refractivity contribution < 1.29 is 13.6 Å². The number of carbonyl (C=O) groups is 1. The zero-order chi connectivity index (χ0) is 21.4. The van der Waals surface area contributed by atoms with Crippen LogP contribution in [0.1, 0.15) is 46.1 Å². The predicted octanol–water partition coefficient (Wildman–Crippen LogP) is 6.46. The number of nitrogens with zero attached hydrogens (tertiary/aromatic N) is 2. The van der Waals surface area contributed by atoms with Gasteiger partial charge in [-0.05, 0) is 77.8 Å². The van der Waals surface area contributed by atoms with Crippen LogP contribution in [0.3, 0.4) is 0 Å². The molecule has 1 fully saturated rings. The quantitative estimate of drug-likeness (QED) is 0.465. The predicted molar refractivity (Wildman–Crippen MR) is 119 cm³/mol. The van der Waals surface area contributed by atoms with Gasteiger partial charge in [0.1, 0.15) is 11.6 Å². The number of hydrogen-bond donors (Lipinski definition) is 0. The van der Waals surface area contributed by atoms with Crippen LogP contribution in [0.4, 0.5) is 8.78 Å². The van der Waals surface area contributed by atoms with Crippen LogP contribution < -0.4 is 0 Å². The molecule has 0 bridgehead atoms. The number of allylic oxidation sites excluding steroid dienone is 1. The molecule has 0 radical (unpaired) electrons. The van der Waals surface area contributed by atoms with E-state index in [-0.39, 0.29) is 29.5 Å². The zero-order valence-electron chi connectivity index (χ0n) is 16.7. The van der Waals surface area contributed by atoms with Crippen LogP contribution in [0.25, 0.3) is 6.08 Å². The Balaban J connectivity index is 1.57. The van der Waals surface area contributed by atoms with Crippen molar-refractivity contribution in [1.82, 2.24) is 5.01 Å². The second-order valence-electron chi connectivity index (χ2n) is 7.83. The highest BCUT2D eigenvalue weighted by atomic mass is 32.1. The SMILES string of the molecule is O=C(c1cccs1)N1N=C2/C(=C/c3ccc(F)cc3)CCC[C@H]2[C@H]1c1ccc(F)cc1. The summed E-state index contributed by atoms with van der Waals surface area (Å²) in [6.45, 7) is 0. The molecule has 2 aromatic carbocycles. The van der Waals surface area contributed by atoms with Gasteiger partial charge in [0.15, 0.2) is 0 Å². The van der Waals surface area contributed by atoms with Gasteiger partial charge in [0, 0.05) is 5.92 Å². The minimum atomic E-state index is -0.306. The molecule has 6 heteroatoms. The van der Waals surface area contributed by atoms with E-state index in [0.717, 1.165) is 41.7 Å². The summed E-state index contributed by atoms with van der Waals surface area (Å²) in [6, 6.07) is 16.1. The van der Waals surface area contributed by atoms with Gasteiger partial charge in [0.25, 0.3) is 5.91 Å². The van der Waals surface area contributed by atoms with Crippen LogP contribution in [0.2, 0.25) is 0 Å². The van der Waals surface area contributed by atoms with Gasteiger partial charge in [0.05, 0.1) is 16.6 Å². The first-order valence-corrected chi connectivity index (χ1v) is 11.2. The minimum absolute atomic E-state index is 0.0369. The number of carbonyl (C=O) groups excluding carboxylic acids is 1. The van der Waals surface area contributed by atoms with Crippen LogP contribution >= 0.6 is 11.3 Å². The lowest BCUT2D eigenvalue weighted by Crippen LogP contribution is -2.31. The summed E-state index contributed by atoms with van der Waals surface area (Å²) in [5, 5.41) is 8.26. The molecule has 3 aromatic rings. The van der Waals surface area contributed by atoms with Crippen LogP contribution in [0, 0.1) is 17.6 Å². The summed E-state index contributed by atoms with van der Waals surface area (Å²) >= 11 is 1.38. The largest absolute Gasteiger partial charge is 0.284 e. The van der Waals surface area contributed by atoms with Crippen molar-refractivity contribution in [2.75, 3.05) is 0 Å². The van der Waals surface area contributed by atoms with Gasteiger partial charge in [-0.25, -0.2) is 13.8 Å². The molecule has 2 atom stereocenters. The molecule has 0 N–H and O–H groups in total. The van der Waals surface area contributed by atoms with Crippen molar-refractivity contribution in [1.29, 1.82) is 0 Å². The number of benzene rings is 2. The number of halogens is 2. The maximum atomic E-state index is 13.6. The number of thiophene rings is 1. The zero-order valence-corrected chi connectivity index (χ0v) is 17.5. The van der Waals surface area contributed by atoms with Gasteiger partial charge in [-0.15, -0.1) is 11.3 Å². The third kappa shape index (κ3) is 3.83. The second kappa shape index (κ2) is 8.19. The van der Waals surface area contributed by atoms with E-state index in [2.05, 4.69) is 0 Å². The van der Waals surface area contributed by atoms with E-state index in [4.69, 9.17) is 5.10 Å². The molecule has 1 amide bonds. The van der Waals surface area contributed by atoms with Crippen molar-refractivity contribution in [3.05, 3.63) is 99.3 Å². The molecule has 1 aliphatic carbocycles. The first-order valence-electron chi connectivity index (χ1n) is 10.3. The molecule has 0 unspecified atom stereocenters. The van der Waals surface area contributed by atoms with Crippen LogP contribution in [-0.2, 0) is 0 Å². The molecule has 0 spiro atoms. The topological polar surface area (TPSA) is 32.7 Å². The Morgan fingerprint density at radius 2 is 1.74 bits per heavy atom. The lowest BCUT2D eigenvalue weighted by Gasteiger charge is -2.29. The summed E-state index contributed by atoms with van der Waals surface area (Å²) in [7, 11) is 0. The summed E-state index contributed by atoms with van der Waals surface area (Å²) < 4.78 is 26.9. The van der Waals surface area contributed by atoms with E-state index >= 15 is 0 Å². The first kappa shape index (κ1) is 19.8. The highest BCUT2D eigenvalue weighted by Gasteiger charge is 2.44. The molecule has 1 saturated carbocycles. The summed E-state index contributed by atoms with van der Waals surface area (Å²) in [5.74, 6) is -0.687. The second-order valence-corrected chi connectivity index (χ2v) is 8.78. The average Bonchev–Trinajstić information content (AvgIpc) is 3.44. The number of hydrogen-bond acceptors (Lipinski definition) is 3. The molecule has 1 aromatic heterocycles. The van der Waals surface area contributed by atoms with Crippen molar-refractivity contribution in [3.63, 3.8) is 0 Å².